The predicted octanol–water partition coefficient (Wildman–Crippen LogP) is 3.96. The zero-order chi connectivity index (χ0) is 20.9. The highest BCUT2D eigenvalue weighted by atomic mass is 16.6. The van der Waals surface area contributed by atoms with Gasteiger partial charge in [0, 0.05) is 31.4 Å². The number of carbonyl (C=O) groups is 2. The average Bonchev–Trinajstić information content (AvgIpc) is 3.44. The van der Waals surface area contributed by atoms with Gasteiger partial charge in [-0.2, -0.15) is 0 Å². The summed E-state index contributed by atoms with van der Waals surface area (Å²) in [4.78, 5) is 27.0. The summed E-state index contributed by atoms with van der Waals surface area (Å²) in [7, 11) is 2.05. The van der Waals surface area contributed by atoms with Gasteiger partial charge in [0.05, 0.1) is 5.54 Å². The van der Waals surface area contributed by atoms with Crippen LogP contribution >= 0.6 is 0 Å². The molecule has 156 valence electrons. The third-order valence-corrected chi connectivity index (χ3v) is 5.01. The third-order valence-electron chi connectivity index (χ3n) is 5.01. The summed E-state index contributed by atoms with van der Waals surface area (Å²) in [6.07, 6.45) is 2.71. The third kappa shape index (κ3) is 6.43. The van der Waals surface area contributed by atoms with Crippen molar-refractivity contribution in [1.29, 1.82) is 0 Å². The lowest BCUT2D eigenvalue weighted by atomic mass is 9.95. The molecule has 2 N–H and O–H groups in total. The van der Waals surface area contributed by atoms with Gasteiger partial charge in [0.2, 0.25) is 0 Å². The van der Waals surface area contributed by atoms with Crippen molar-refractivity contribution in [2.45, 2.75) is 65.0 Å². The molecule has 0 aromatic heterocycles. The second-order valence-electron chi connectivity index (χ2n) is 8.97. The lowest BCUT2D eigenvalue weighted by molar-refractivity contribution is 0.0502. The molecule has 1 fully saturated rings. The zero-order valence-corrected chi connectivity index (χ0v) is 18.1. The Morgan fingerprint density at radius 3 is 2.25 bits per heavy atom. The quantitative estimate of drug-likeness (QED) is 0.706. The Kier molecular flexibility index (Phi) is 6.96. The molecule has 2 rings (SSSR count). The van der Waals surface area contributed by atoms with Crippen LogP contribution in [-0.2, 0) is 4.74 Å². The van der Waals surface area contributed by atoms with Gasteiger partial charge in [0.1, 0.15) is 5.60 Å². The minimum atomic E-state index is -0.546. The number of nitrogens with zero attached hydrogens (tertiary/aromatic N) is 1. The molecule has 1 unspecified atom stereocenters. The number of alkyl carbamates (subject to hydrolysis) is 1. The van der Waals surface area contributed by atoms with E-state index in [2.05, 4.69) is 22.5 Å². The maximum Gasteiger partial charge on any atom is 0.407 e. The highest BCUT2D eigenvalue weighted by molar-refractivity contribution is 5.95. The first-order chi connectivity index (χ1) is 13.0. The van der Waals surface area contributed by atoms with Gasteiger partial charge in [0.25, 0.3) is 5.91 Å². The number of hydrogen-bond acceptors (Lipinski definition) is 4. The van der Waals surface area contributed by atoms with E-state index < -0.39 is 17.2 Å². The number of nitrogens with one attached hydrogen (secondary N) is 2. The normalized spacial score (nSPS) is 16.1. The molecule has 6 nitrogen and oxygen atoms in total. The molecule has 6 heteroatoms. The molecule has 1 aromatic carbocycles. The Hall–Kier alpha value is -2.24. The van der Waals surface area contributed by atoms with Crippen LogP contribution < -0.4 is 15.5 Å². The van der Waals surface area contributed by atoms with E-state index in [-0.39, 0.29) is 5.91 Å². The van der Waals surface area contributed by atoms with Crippen molar-refractivity contribution < 1.29 is 14.3 Å². The predicted molar refractivity (Wildman–Crippen MR) is 113 cm³/mol. The number of ether oxygens (including phenoxy) is 1. The molecule has 1 aliphatic carbocycles. The number of amides is 2. The minimum Gasteiger partial charge on any atom is -0.444 e. The monoisotopic (exact) mass is 389 g/mol. The molecule has 0 aliphatic heterocycles. The van der Waals surface area contributed by atoms with Crippen molar-refractivity contribution in [3.05, 3.63) is 29.8 Å². The SMILES string of the molecule is CCCN(C)c1ccc(C(=O)NC(C)(CNC(=O)OC(C)(C)C)C2CC2)cc1. The highest BCUT2D eigenvalue weighted by Crippen LogP contribution is 2.39. The summed E-state index contributed by atoms with van der Waals surface area (Å²) >= 11 is 0. The summed E-state index contributed by atoms with van der Waals surface area (Å²) in [5.74, 6) is 0.242. The fourth-order valence-electron chi connectivity index (χ4n) is 3.24. The van der Waals surface area contributed by atoms with Gasteiger partial charge >= 0.3 is 6.09 Å². The van der Waals surface area contributed by atoms with E-state index in [0.29, 0.717) is 18.0 Å². The van der Waals surface area contributed by atoms with Gasteiger partial charge in [-0.3, -0.25) is 4.79 Å². The Labute approximate surface area is 169 Å². The van der Waals surface area contributed by atoms with Gasteiger partial charge in [-0.15, -0.1) is 0 Å². The Morgan fingerprint density at radius 1 is 1.14 bits per heavy atom. The molecule has 28 heavy (non-hydrogen) atoms. The molecule has 1 atom stereocenters. The molecule has 0 spiro atoms. The molecule has 2 amide bonds. The zero-order valence-electron chi connectivity index (χ0n) is 18.1. The van der Waals surface area contributed by atoms with Crippen LogP contribution in [0.25, 0.3) is 0 Å². The smallest absolute Gasteiger partial charge is 0.407 e. The van der Waals surface area contributed by atoms with Crippen LogP contribution in [0.4, 0.5) is 10.5 Å². The largest absolute Gasteiger partial charge is 0.444 e. The Morgan fingerprint density at radius 2 is 1.75 bits per heavy atom. The molecule has 1 aliphatic rings. The van der Waals surface area contributed by atoms with E-state index in [1.54, 1.807) is 0 Å². The number of hydrogen-bond donors (Lipinski definition) is 2. The Balaban J connectivity index is 1.99. The van der Waals surface area contributed by atoms with Crippen molar-refractivity contribution in [2.75, 3.05) is 25.0 Å². The van der Waals surface area contributed by atoms with Crippen molar-refractivity contribution in [3.8, 4) is 0 Å². The maximum atomic E-state index is 12.8. The summed E-state index contributed by atoms with van der Waals surface area (Å²) in [6.45, 7) is 10.9. The number of benzene rings is 1. The molecule has 0 saturated heterocycles. The van der Waals surface area contributed by atoms with Crippen LogP contribution in [0, 0.1) is 5.92 Å². The first kappa shape index (κ1) is 22.1. The summed E-state index contributed by atoms with van der Waals surface area (Å²) in [5.41, 5.74) is 0.675. The second kappa shape index (κ2) is 8.84. The van der Waals surface area contributed by atoms with Gasteiger partial charge < -0.3 is 20.3 Å². The molecule has 0 bridgehead atoms. The molecule has 1 saturated carbocycles. The van der Waals surface area contributed by atoms with Crippen LogP contribution in [0.1, 0.15) is 64.2 Å². The summed E-state index contributed by atoms with van der Waals surface area (Å²) in [6, 6.07) is 7.65. The van der Waals surface area contributed by atoms with Crippen LogP contribution in [0.3, 0.4) is 0 Å². The van der Waals surface area contributed by atoms with E-state index in [9.17, 15) is 9.59 Å². The fourth-order valence-corrected chi connectivity index (χ4v) is 3.24. The van der Waals surface area contributed by atoms with Crippen LogP contribution in [0.2, 0.25) is 0 Å². The van der Waals surface area contributed by atoms with E-state index in [0.717, 1.165) is 31.5 Å². The first-order valence-corrected chi connectivity index (χ1v) is 10.1. The number of carbonyl (C=O) groups excluding carboxylic acids is 2. The molecule has 0 radical (unpaired) electrons. The van der Waals surface area contributed by atoms with E-state index in [1.165, 1.54) is 0 Å². The van der Waals surface area contributed by atoms with Gasteiger partial charge in [0.15, 0.2) is 0 Å². The summed E-state index contributed by atoms with van der Waals surface area (Å²) in [5, 5.41) is 5.95. The lowest BCUT2D eigenvalue weighted by Gasteiger charge is -2.32. The van der Waals surface area contributed by atoms with Crippen LogP contribution in [0.15, 0.2) is 24.3 Å². The standard InChI is InChI=1S/C22H35N3O3/c1-7-14-25(6)18-12-8-16(9-13-18)19(26)24-22(5,17-10-11-17)15-23-20(27)28-21(2,3)4/h8-9,12-13,17H,7,10-11,14-15H2,1-6H3,(H,23,27)(H,24,26). The molecular weight excluding hydrogens is 354 g/mol. The van der Waals surface area contributed by atoms with Gasteiger partial charge in [-0.1, -0.05) is 6.92 Å². The van der Waals surface area contributed by atoms with Crippen molar-refractivity contribution >= 4 is 17.7 Å². The minimum absolute atomic E-state index is 0.120. The van der Waals surface area contributed by atoms with Crippen LogP contribution in [-0.4, -0.2) is 43.3 Å². The topological polar surface area (TPSA) is 70.7 Å². The first-order valence-electron chi connectivity index (χ1n) is 10.1. The van der Waals surface area contributed by atoms with Crippen molar-refractivity contribution in [2.24, 2.45) is 5.92 Å². The summed E-state index contributed by atoms with van der Waals surface area (Å²) < 4.78 is 5.31. The Bertz CT molecular complexity index is 677. The van der Waals surface area contributed by atoms with Crippen molar-refractivity contribution in [1.82, 2.24) is 10.6 Å². The molecule has 1 aromatic rings. The van der Waals surface area contributed by atoms with Gasteiger partial charge in [-0.05, 0) is 77.1 Å². The highest BCUT2D eigenvalue weighted by Gasteiger charge is 2.43. The number of anilines is 1. The average molecular weight is 390 g/mol. The fraction of sp³-hybridized carbons (Fsp3) is 0.636. The molecule has 0 heterocycles. The second-order valence-corrected chi connectivity index (χ2v) is 8.97. The van der Waals surface area contributed by atoms with Gasteiger partial charge in [-0.25, -0.2) is 4.79 Å². The van der Waals surface area contributed by atoms with E-state index in [1.807, 2.05) is 59.0 Å². The lowest BCUT2D eigenvalue weighted by Crippen LogP contribution is -2.55. The maximum absolute atomic E-state index is 12.8. The van der Waals surface area contributed by atoms with Crippen molar-refractivity contribution in [3.63, 3.8) is 0 Å². The van der Waals surface area contributed by atoms with Crippen LogP contribution in [0.5, 0.6) is 0 Å². The van der Waals surface area contributed by atoms with E-state index in [4.69, 9.17) is 4.74 Å². The molecular formula is C22H35N3O3. The number of rotatable bonds is 8. The van der Waals surface area contributed by atoms with E-state index >= 15 is 0 Å².